The van der Waals surface area contributed by atoms with Gasteiger partial charge >= 0.3 is 0 Å². The molecule has 3 heterocycles. The first-order valence-corrected chi connectivity index (χ1v) is 16.3. The molecule has 1 aliphatic carbocycles. The van der Waals surface area contributed by atoms with Crippen LogP contribution in [-0.2, 0) is 9.59 Å². The first-order chi connectivity index (χ1) is 21.5. The minimum atomic E-state index is -0.898. The molecule has 4 atom stereocenters. The summed E-state index contributed by atoms with van der Waals surface area (Å²) >= 11 is 1.36. The van der Waals surface area contributed by atoms with Crippen LogP contribution in [-0.4, -0.2) is 59.6 Å². The third-order valence-electron chi connectivity index (χ3n) is 9.43. The first-order valence-electron chi connectivity index (χ1n) is 15.4. The molecule has 2 amide bonds. The molecule has 4 unspecified atom stereocenters. The Labute approximate surface area is 261 Å². The van der Waals surface area contributed by atoms with Crippen molar-refractivity contribution < 1.29 is 14.4 Å². The highest BCUT2D eigenvalue weighted by molar-refractivity contribution is 7.12. The number of nitrogens with one attached hydrogen (secondary N) is 1. The van der Waals surface area contributed by atoms with Gasteiger partial charge in [-0.3, -0.25) is 14.4 Å². The summed E-state index contributed by atoms with van der Waals surface area (Å²) in [5, 5.41) is 24.2. The predicted octanol–water partition coefficient (Wildman–Crippen LogP) is 5.04. The van der Waals surface area contributed by atoms with Gasteiger partial charge in [0.15, 0.2) is 5.78 Å². The van der Waals surface area contributed by atoms with Gasteiger partial charge < -0.3 is 15.1 Å². The Kier molecular flexibility index (Phi) is 8.88. The fraction of sp³-hybridized carbons (Fsp3) is 0.400. The van der Waals surface area contributed by atoms with Gasteiger partial charge in [-0.05, 0) is 59.7 Å². The van der Waals surface area contributed by atoms with Crippen molar-refractivity contribution in [2.24, 2.45) is 11.8 Å². The molecule has 0 bridgehead atoms. The summed E-state index contributed by atoms with van der Waals surface area (Å²) in [7, 11) is 0. The molecule has 8 nitrogen and oxygen atoms in total. The second kappa shape index (κ2) is 13.1. The highest BCUT2D eigenvalue weighted by Gasteiger charge is 2.58. The van der Waals surface area contributed by atoms with Crippen LogP contribution in [0.5, 0.6) is 0 Å². The van der Waals surface area contributed by atoms with E-state index in [4.69, 9.17) is 0 Å². The molecule has 2 aliphatic heterocycles. The van der Waals surface area contributed by atoms with Crippen molar-refractivity contribution in [1.82, 2.24) is 15.1 Å². The van der Waals surface area contributed by atoms with E-state index in [1.807, 2.05) is 40.6 Å². The third kappa shape index (κ3) is 5.66. The van der Waals surface area contributed by atoms with Crippen LogP contribution in [0, 0.1) is 34.5 Å². The second-order valence-electron chi connectivity index (χ2n) is 11.9. The molecule has 2 aromatic carbocycles. The SMILES string of the molecule is N#Cc1ccc(C2C(C(=O)c3cccs3)C(c3ccc(C#N)cc3)N(C(=O)C3CCCCC3)C2C(=O)N2CCNCC2)cc1. The molecule has 2 saturated heterocycles. The normalized spacial score (nSPS) is 24.0. The Bertz CT molecular complexity index is 1480. The number of thiophene rings is 1. The molecule has 6 rings (SSSR count). The molecule has 3 fully saturated rings. The maximum absolute atomic E-state index is 14.8. The Morgan fingerprint density at radius 3 is 1.98 bits per heavy atom. The zero-order valence-corrected chi connectivity index (χ0v) is 25.3. The van der Waals surface area contributed by atoms with Gasteiger partial charge in [-0.1, -0.05) is 49.6 Å². The Morgan fingerprint density at radius 1 is 0.795 bits per heavy atom. The lowest BCUT2D eigenvalue weighted by molar-refractivity contribution is -0.149. The molecular weight excluding hydrogens is 570 g/mol. The summed E-state index contributed by atoms with van der Waals surface area (Å²) in [6.07, 6.45) is 4.51. The van der Waals surface area contributed by atoms with Gasteiger partial charge in [-0.25, -0.2) is 0 Å². The number of benzene rings is 2. The largest absolute Gasteiger partial charge is 0.338 e. The topological polar surface area (TPSA) is 117 Å². The first kappa shape index (κ1) is 29.7. The standard InChI is InChI=1S/C35H35N5O3S/c36-21-23-8-12-25(13-9-23)29-30(33(41)28-7-4-20-44-28)31(26-14-10-24(22-37)11-15-26)40(34(42)27-5-2-1-3-6-27)32(29)35(43)39-18-16-38-17-19-39/h4,7-15,20,27,29-32,38H,1-3,5-6,16-19H2. The van der Waals surface area contributed by atoms with Crippen LogP contribution in [0.4, 0.5) is 0 Å². The highest BCUT2D eigenvalue weighted by Crippen LogP contribution is 2.53. The van der Waals surface area contributed by atoms with Crippen LogP contribution in [0.1, 0.15) is 76.0 Å². The lowest BCUT2D eigenvalue weighted by Crippen LogP contribution is -2.55. The van der Waals surface area contributed by atoms with Crippen molar-refractivity contribution in [3.63, 3.8) is 0 Å². The van der Waals surface area contributed by atoms with Gasteiger partial charge in [0.1, 0.15) is 6.04 Å². The molecule has 1 saturated carbocycles. The van der Waals surface area contributed by atoms with Crippen LogP contribution < -0.4 is 5.32 Å². The fourth-order valence-corrected chi connectivity index (χ4v) is 7.99. The van der Waals surface area contributed by atoms with Crippen molar-refractivity contribution in [3.8, 4) is 12.1 Å². The molecule has 0 spiro atoms. The maximum Gasteiger partial charge on any atom is 0.246 e. The second-order valence-corrected chi connectivity index (χ2v) is 12.9. The van der Waals surface area contributed by atoms with Gasteiger partial charge in [0.25, 0.3) is 0 Å². The van der Waals surface area contributed by atoms with Crippen molar-refractivity contribution in [3.05, 3.63) is 93.2 Å². The Balaban J connectivity index is 1.58. The summed E-state index contributed by atoms with van der Waals surface area (Å²) in [5.41, 5.74) is 2.45. The number of nitrogens with zero attached hydrogens (tertiary/aromatic N) is 4. The average Bonchev–Trinajstić information content (AvgIpc) is 3.76. The monoisotopic (exact) mass is 605 g/mol. The summed E-state index contributed by atoms with van der Waals surface area (Å²) in [4.78, 5) is 48.3. The van der Waals surface area contributed by atoms with Crippen LogP contribution in [0.3, 0.4) is 0 Å². The minimum Gasteiger partial charge on any atom is -0.338 e. The van der Waals surface area contributed by atoms with E-state index in [-0.39, 0.29) is 23.5 Å². The van der Waals surface area contributed by atoms with Gasteiger partial charge in [-0.15, -0.1) is 11.3 Å². The molecule has 224 valence electrons. The Morgan fingerprint density at radius 2 is 1.41 bits per heavy atom. The van der Waals surface area contributed by atoms with E-state index in [1.54, 1.807) is 35.2 Å². The summed E-state index contributed by atoms with van der Waals surface area (Å²) < 4.78 is 0. The zero-order valence-electron chi connectivity index (χ0n) is 24.5. The van der Waals surface area contributed by atoms with E-state index in [0.29, 0.717) is 42.2 Å². The van der Waals surface area contributed by atoms with E-state index >= 15 is 0 Å². The number of ketones is 1. The van der Waals surface area contributed by atoms with Gasteiger partial charge in [0, 0.05) is 38.0 Å². The number of Topliss-reactive ketones (excluding diaryl/α,β-unsaturated/α-hetero) is 1. The number of likely N-dealkylation sites (tertiary alicyclic amines) is 1. The van der Waals surface area contributed by atoms with Crippen molar-refractivity contribution in [2.45, 2.75) is 50.1 Å². The van der Waals surface area contributed by atoms with Crippen molar-refractivity contribution >= 4 is 28.9 Å². The highest BCUT2D eigenvalue weighted by atomic mass is 32.1. The Hall–Kier alpha value is -4.31. The molecule has 1 aromatic heterocycles. The predicted molar refractivity (Wildman–Crippen MR) is 167 cm³/mol. The number of nitriles is 2. The summed E-state index contributed by atoms with van der Waals surface area (Å²) in [5.74, 6) is -1.94. The van der Waals surface area contributed by atoms with E-state index < -0.39 is 23.9 Å². The van der Waals surface area contributed by atoms with Gasteiger partial charge in [0.05, 0.1) is 40.1 Å². The summed E-state index contributed by atoms with van der Waals surface area (Å²) in [6.45, 7) is 2.36. The number of hydrogen-bond donors (Lipinski definition) is 1. The van der Waals surface area contributed by atoms with Crippen molar-refractivity contribution in [1.29, 1.82) is 10.5 Å². The number of hydrogen-bond acceptors (Lipinski definition) is 7. The van der Waals surface area contributed by atoms with Crippen LogP contribution in [0.25, 0.3) is 0 Å². The van der Waals surface area contributed by atoms with E-state index in [0.717, 1.165) is 43.2 Å². The van der Waals surface area contributed by atoms with Crippen LogP contribution >= 0.6 is 11.3 Å². The van der Waals surface area contributed by atoms with Gasteiger partial charge in [-0.2, -0.15) is 10.5 Å². The lowest BCUT2D eigenvalue weighted by atomic mass is 9.76. The molecule has 0 radical (unpaired) electrons. The van der Waals surface area contributed by atoms with Gasteiger partial charge in [0.2, 0.25) is 11.8 Å². The molecule has 3 aromatic rings. The number of carbonyl (C=O) groups excluding carboxylic acids is 3. The number of amides is 2. The quantitative estimate of drug-likeness (QED) is 0.394. The van der Waals surface area contributed by atoms with E-state index in [1.165, 1.54) is 11.3 Å². The number of rotatable bonds is 6. The number of piperazine rings is 1. The molecule has 3 aliphatic rings. The third-order valence-corrected chi connectivity index (χ3v) is 10.3. The van der Waals surface area contributed by atoms with E-state index in [2.05, 4.69) is 17.5 Å². The van der Waals surface area contributed by atoms with E-state index in [9.17, 15) is 24.9 Å². The molecule has 1 N–H and O–H groups in total. The maximum atomic E-state index is 14.8. The zero-order chi connectivity index (χ0) is 30.6. The minimum absolute atomic E-state index is 0.0762. The fourth-order valence-electron chi connectivity index (χ4n) is 7.27. The van der Waals surface area contributed by atoms with Crippen LogP contribution in [0.15, 0.2) is 66.0 Å². The van der Waals surface area contributed by atoms with Crippen LogP contribution in [0.2, 0.25) is 0 Å². The summed E-state index contributed by atoms with van der Waals surface area (Å²) in [6, 6.07) is 20.6. The molecular formula is C35H35N5O3S. The average molecular weight is 606 g/mol. The molecule has 44 heavy (non-hydrogen) atoms. The van der Waals surface area contributed by atoms with Crippen molar-refractivity contribution in [2.75, 3.05) is 26.2 Å². The molecule has 9 heteroatoms. The lowest BCUT2D eigenvalue weighted by Gasteiger charge is -2.38. The smallest absolute Gasteiger partial charge is 0.246 e. The number of carbonyl (C=O) groups is 3.